The molecular formula is C16H15CdF6N3O7. The van der Waals surface area contributed by atoms with Gasteiger partial charge in [0.05, 0.1) is 5.57 Å². The van der Waals surface area contributed by atoms with Crippen molar-refractivity contribution in [3.8, 4) is 11.5 Å². The van der Waals surface area contributed by atoms with E-state index in [2.05, 4.69) is 27.2 Å². The van der Waals surface area contributed by atoms with Crippen LogP contribution in [0.1, 0.15) is 5.56 Å². The summed E-state index contributed by atoms with van der Waals surface area (Å²) >= 11 is 0. The van der Waals surface area contributed by atoms with Crippen LogP contribution in [0.3, 0.4) is 0 Å². The molecule has 2 rings (SSSR count). The van der Waals surface area contributed by atoms with Crippen molar-refractivity contribution < 1.29 is 92.4 Å². The van der Waals surface area contributed by atoms with Gasteiger partial charge in [-0.25, -0.2) is 20.7 Å². The zero-order valence-electron chi connectivity index (χ0n) is 16.4. The number of benzene rings is 1. The van der Waals surface area contributed by atoms with E-state index in [4.69, 9.17) is 20.5 Å². The van der Waals surface area contributed by atoms with Crippen molar-refractivity contribution in [2.75, 3.05) is 13.2 Å². The summed E-state index contributed by atoms with van der Waals surface area (Å²) in [5.41, 5.74) is 0.292. The first-order valence-corrected chi connectivity index (χ1v) is 8.27. The topological polar surface area (TPSA) is 125 Å². The van der Waals surface area contributed by atoms with Gasteiger partial charge >= 0.3 is 18.5 Å². The molecule has 2 atom stereocenters. The predicted molar refractivity (Wildman–Crippen MR) is 88.7 cm³/mol. The monoisotopic (exact) mass is 589 g/mol. The number of alkyl halides is 6. The van der Waals surface area contributed by atoms with Gasteiger partial charge in [0.25, 0.3) is 0 Å². The number of fused-ring (bicyclic) bond motifs is 1. The summed E-state index contributed by atoms with van der Waals surface area (Å²) in [4.78, 5) is 21.6. The minimum atomic E-state index is -5.10. The minimum Gasteiger partial charge on any atom is -0.501 e. The molecule has 0 amide bonds. The third-order valence-electron chi connectivity index (χ3n) is 3.54. The molecule has 180 valence electrons. The summed E-state index contributed by atoms with van der Waals surface area (Å²) in [6.45, 7) is 1.78. The van der Waals surface area contributed by atoms with E-state index < -0.39 is 61.0 Å². The molecule has 0 radical (unpaired) electrons. The molecule has 0 aromatic heterocycles. The average molecular weight is 588 g/mol. The van der Waals surface area contributed by atoms with Gasteiger partial charge in [0, 0.05) is 38.8 Å². The SMILES string of the molecule is C=[N+](O)OCC(CONN)OC(=O)C1=Cc2cc(OC(F)(F)F)c[c-]c2O[C@@H]1C(F)(F)F.[Cd]. The van der Waals surface area contributed by atoms with Crippen LogP contribution in [0.15, 0.2) is 17.7 Å². The summed E-state index contributed by atoms with van der Waals surface area (Å²) in [7, 11) is 0. The summed E-state index contributed by atoms with van der Waals surface area (Å²) in [5, 5.41) is 8.88. The van der Waals surface area contributed by atoms with E-state index in [1.54, 1.807) is 5.59 Å². The van der Waals surface area contributed by atoms with Crippen LogP contribution in [-0.2, 0) is 46.5 Å². The summed E-state index contributed by atoms with van der Waals surface area (Å²) in [6.07, 6.45) is -13.8. The van der Waals surface area contributed by atoms with Gasteiger partial charge in [0.15, 0.2) is 11.0 Å². The smallest absolute Gasteiger partial charge is 0.501 e. The van der Waals surface area contributed by atoms with Gasteiger partial charge in [-0.05, 0) is 0 Å². The van der Waals surface area contributed by atoms with Crippen LogP contribution in [0.4, 0.5) is 26.3 Å². The first-order valence-electron chi connectivity index (χ1n) is 8.27. The van der Waals surface area contributed by atoms with Crippen LogP contribution in [0, 0.1) is 6.07 Å². The van der Waals surface area contributed by atoms with E-state index in [0.717, 1.165) is 0 Å². The Kier molecular flexibility index (Phi) is 10.2. The van der Waals surface area contributed by atoms with Crippen LogP contribution in [-0.4, -0.2) is 60.8 Å². The van der Waals surface area contributed by atoms with E-state index >= 15 is 0 Å². The van der Waals surface area contributed by atoms with E-state index in [1.807, 2.05) is 0 Å². The summed E-state index contributed by atoms with van der Waals surface area (Å²) < 4.78 is 90.9. The first kappa shape index (κ1) is 28.7. The van der Waals surface area contributed by atoms with Crippen LogP contribution >= 0.6 is 0 Å². The zero-order valence-corrected chi connectivity index (χ0v) is 20.4. The Bertz CT molecular complexity index is 881. The van der Waals surface area contributed by atoms with Crippen molar-refractivity contribution in [3.63, 3.8) is 0 Å². The van der Waals surface area contributed by atoms with E-state index in [0.29, 0.717) is 18.2 Å². The molecule has 1 aromatic carbocycles. The molecular weight excluding hydrogens is 573 g/mol. The fraction of sp³-hybridized carbons (Fsp3) is 0.375. The number of ether oxygens (including phenoxy) is 3. The average Bonchev–Trinajstić information content (AvgIpc) is 2.66. The van der Waals surface area contributed by atoms with Crippen LogP contribution in [0.5, 0.6) is 11.5 Å². The van der Waals surface area contributed by atoms with Gasteiger partial charge in [0.2, 0.25) is 19.4 Å². The van der Waals surface area contributed by atoms with Crippen molar-refractivity contribution in [3.05, 3.63) is 29.3 Å². The number of carbonyl (C=O) groups is 1. The number of nitrogens with one attached hydrogen (secondary N) is 1. The Hall–Kier alpha value is -2.32. The van der Waals surface area contributed by atoms with Gasteiger partial charge < -0.3 is 14.2 Å². The number of carbonyl (C=O) groups excluding carboxylic acids is 1. The molecule has 0 aliphatic carbocycles. The van der Waals surface area contributed by atoms with Crippen molar-refractivity contribution in [2.45, 2.75) is 24.7 Å². The Balaban J connectivity index is 0.00000544. The second kappa shape index (κ2) is 11.7. The molecule has 0 spiro atoms. The number of nitrogens with zero attached hydrogens (tertiary/aromatic N) is 1. The maximum Gasteiger partial charge on any atom is 0.561 e. The number of esters is 1. The second-order valence-corrected chi connectivity index (χ2v) is 5.91. The molecule has 1 aliphatic rings. The minimum absolute atomic E-state index is 0. The fourth-order valence-corrected chi connectivity index (χ4v) is 2.36. The third-order valence-corrected chi connectivity index (χ3v) is 3.54. The number of halogens is 6. The predicted octanol–water partition coefficient (Wildman–Crippen LogP) is 1.43. The maximum absolute atomic E-state index is 13.5. The van der Waals surface area contributed by atoms with Gasteiger partial charge in [-0.3, -0.25) is 4.84 Å². The van der Waals surface area contributed by atoms with Crippen molar-refractivity contribution in [1.82, 2.24) is 5.59 Å². The molecule has 10 nitrogen and oxygen atoms in total. The number of rotatable bonds is 9. The van der Waals surface area contributed by atoms with Crippen molar-refractivity contribution >= 4 is 18.8 Å². The van der Waals surface area contributed by atoms with Gasteiger partial charge in [-0.2, -0.15) is 13.2 Å². The van der Waals surface area contributed by atoms with Gasteiger partial charge in [-0.15, -0.1) is 37.0 Å². The molecule has 0 fully saturated rings. The Labute approximate surface area is 201 Å². The van der Waals surface area contributed by atoms with Crippen molar-refractivity contribution in [2.24, 2.45) is 5.84 Å². The number of hydrogen-bond donors (Lipinski definition) is 3. The van der Waals surface area contributed by atoms with E-state index in [-0.39, 0.29) is 37.8 Å². The number of hydrogen-bond acceptors (Lipinski definition) is 9. The van der Waals surface area contributed by atoms with Gasteiger partial charge in [0.1, 0.15) is 6.61 Å². The second-order valence-electron chi connectivity index (χ2n) is 5.91. The van der Waals surface area contributed by atoms with Crippen LogP contribution < -0.4 is 20.9 Å². The first-order chi connectivity index (χ1) is 14.8. The zero-order chi connectivity index (χ0) is 24.1. The molecule has 17 heteroatoms. The molecule has 1 unspecified atom stereocenters. The maximum atomic E-state index is 13.5. The molecule has 1 aliphatic heterocycles. The molecule has 1 heterocycles. The summed E-state index contributed by atoms with van der Waals surface area (Å²) in [6, 6.07) is 3.42. The molecule has 4 N–H and O–H groups in total. The van der Waals surface area contributed by atoms with E-state index in [9.17, 15) is 31.1 Å². The Morgan fingerprint density at radius 2 is 2.00 bits per heavy atom. The van der Waals surface area contributed by atoms with Crippen molar-refractivity contribution in [1.29, 1.82) is 0 Å². The standard InChI is InChI=1S/C16H15F6N3O7.Cd/c1-25(27)29-7-10(6-28-24-23)30-14(26)11-5-8-4-9(32-16(20,21)22)2-3-12(8)31-13(11)15(17,18)19;/h2,4-5,10,13,24,27H,1,6-7,23H2;/t10?,13-;/m0./s1. The summed E-state index contributed by atoms with van der Waals surface area (Å²) in [5.74, 6) is 1.96. The van der Waals surface area contributed by atoms with Crippen LogP contribution in [0.2, 0.25) is 0 Å². The third kappa shape index (κ3) is 8.85. The molecule has 33 heavy (non-hydrogen) atoms. The molecule has 0 saturated carbocycles. The fourth-order valence-electron chi connectivity index (χ4n) is 2.36. The quantitative estimate of drug-likeness (QED) is 0.0575. The Morgan fingerprint density at radius 1 is 1.33 bits per heavy atom. The number of nitrogens with two attached hydrogens (primary N) is 1. The van der Waals surface area contributed by atoms with Gasteiger partial charge in [-0.1, -0.05) is 11.6 Å². The van der Waals surface area contributed by atoms with E-state index in [1.165, 1.54) is 0 Å². The molecule has 0 bridgehead atoms. The molecule has 1 aromatic rings. The molecule has 0 saturated heterocycles. The Morgan fingerprint density at radius 3 is 2.55 bits per heavy atom. The van der Waals surface area contributed by atoms with Crippen LogP contribution in [0.25, 0.3) is 6.08 Å². The largest absolute Gasteiger partial charge is 0.561 e. The number of hydrazine groups is 1. The normalized spacial score (nSPS) is 16.3.